The number of hydrogen-bond donors (Lipinski definition) is 1. The topological polar surface area (TPSA) is 112 Å². The maximum atomic E-state index is 5.66. The molecule has 4 aromatic heterocycles. The molecular formula is C27H32N10O. The minimum absolute atomic E-state index is 0.481. The maximum Gasteiger partial charge on any atom is 0.172 e. The van der Waals surface area contributed by atoms with Crippen molar-refractivity contribution in [2.75, 3.05) is 37.7 Å². The van der Waals surface area contributed by atoms with E-state index in [0.29, 0.717) is 36.5 Å². The minimum Gasteiger partial charge on any atom is -0.375 e. The average molecular weight is 513 g/mol. The van der Waals surface area contributed by atoms with Gasteiger partial charge in [-0.05, 0) is 56.3 Å². The molecule has 4 aromatic rings. The zero-order valence-corrected chi connectivity index (χ0v) is 21.4. The van der Waals surface area contributed by atoms with Gasteiger partial charge in [-0.15, -0.1) is 5.10 Å². The largest absolute Gasteiger partial charge is 0.375 e. The summed E-state index contributed by atoms with van der Waals surface area (Å²) in [5, 5.41) is 16.9. The normalized spacial score (nSPS) is 21.2. The molecule has 0 unspecified atom stereocenters. The van der Waals surface area contributed by atoms with Crippen LogP contribution in [-0.4, -0.2) is 78.6 Å². The summed E-state index contributed by atoms with van der Waals surface area (Å²) in [5.74, 6) is 1.51. The summed E-state index contributed by atoms with van der Waals surface area (Å²) in [5.41, 5.74) is 2.89. The zero-order valence-electron chi connectivity index (χ0n) is 21.4. The van der Waals surface area contributed by atoms with E-state index in [9.17, 15) is 0 Å². The molecule has 1 N–H and O–H groups in total. The standard InChI is InChI=1S/C27H32N10O/c1-4-20(5-1)12-29-21-6-2-10-35(16-21)22-7-8-25(30-13-22)27(18-38-19-27)37-17-24(33-34-37)23-14-28-15-26(32-23)36-11-3-9-31-36/h3,7-9,11,13-15,17,20-21,29H,1-2,4-6,10,12,16,18-19H2/t21-/m1/s1. The second-order valence-electron chi connectivity index (χ2n) is 10.7. The van der Waals surface area contributed by atoms with Crippen LogP contribution in [0.5, 0.6) is 0 Å². The third-order valence-corrected chi connectivity index (χ3v) is 8.17. The van der Waals surface area contributed by atoms with Crippen LogP contribution in [0.1, 0.15) is 37.8 Å². The van der Waals surface area contributed by atoms with Gasteiger partial charge in [0.2, 0.25) is 0 Å². The molecule has 0 aromatic carbocycles. The number of pyridine rings is 1. The van der Waals surface area contributed by atoms with Crippen LogP contribution in [0.3, 0.4) is 0 Å². The highest BCUT2D eigenvalue weighted by atomic mass is 16.5. The molecule has 11 nitrogen and oxygen atoms in total. The van der Waals surface area contributed by atoms with Gasteiger partial charge >= 0.3 is 0 Å². The molecule has 1 aliphatic carbocycles. The predicted octanol–water partition coefficient (Wildman–Crippen LogP) is 2.45. The first-order valence-electron chi connectivity index (χ1n) is 13.5. The third kappa shape index (κ3) is 4.35. The molecule has 0 radical (unpaired) electrons. The molecule has 38 heavy (non-hydrogen) atoms. The molecule has 11 heteroatoms. The Hall–Kier alpha value is -3.70. The van der Waals surface area contributed by atoms with Gasteiger partial charge in [-0.2, -0.15) is 5.10 Å². The number of nitrogens with zero attached hydrogens (tertiary/aromatic N) is 9. The van der Waals surface area contributed by atoms with Crippen molar-refractivity contribution >= 4 is 5.69 Å². The van der Waals surface area contributed by atoms with Crippen molar-refractivity contribution in [1.82, 2.24) is 45.0 Å². The summed E-state index contributed by atoms with van der Waals surface area (Å²) < 4.78 is 9.19. The number of hydrogen-bond acceptors (Lipinski definition) is 9. The Morgan fingerprint density at radius 1 is 1.05 bits per heavy atom. The van der Waals surface area contributed by atoms with Crippen LogP contribution in [0.25, 0.3) is 17.2 Å². The quantitative estimate of drug-likeness (QED) is 0.380. The van der Waals surface area contributed by atoms with Crippen LogP contribution in [0.2, 0.25) is 0 Å². The molecule has 0 amide bonds. The van der Waals surface area contributed by atoms with Crippen molar-refractivity contribution in [3.8, 4) is 17.2 Å². The first-order chi connectivity index (χ1) is 18.8. The van der Waals surface area contributed by atoms with Crippen molar-refractivity contribution < 1.29 is 4.74 Å². The van der Waals surface area contributed by atoms with Gasteiger partial charge in [0.25, 0.3) is 0 Å². The lowest BCUT2D eigenvalue weighted by Crippen LogP contribution is -2.53. The summed E-state index contributed by atoms with van der Waals surface area (Å²) in [6.45, 7) is 4.27. The van der Waals surface area contributed by atoms with E-state index in [2.05, 4.69) is 47.7 Å². The molecule has 1 saturated carbocycles. The Morgan fingerprint density at radius 3 is 2.74 bits per heavy atom. The second-order valence-corrected chi connectivity index (χ2v) is 10.7. The Labute approximate surface area is 221 Å². The number of piperidine rings is 1. The Balaban J connectivity index is 1.07. The molecule has 2 saturated heterocycles. The van der Waals surface area contributed by atoms with E-state index in [1.807, 2.05) is 29.3 Å². The highest BCUT2D eigenvalue weighted by Gasteiger charge is 2.45. The van der Waals surface area contributed by atoms with Gasteiger partial charge in [0, 0.05) is 31.5 Å². The summed E-state index contributed by atoms with van der Waals surface area (Å²) in [7, 11) is 0. The highest BCUT2D eigenvalue weighted by Crippen LogP contribution is 2.34. The van der Waals surface area contributed by atoms with Gasteiger partial charge in [-0.25, -0.2) is 14.3 Å². The van der Waals surface area contributed by atoms with Crippen molar-refractivity contribution in [1.29, 1.82) is 0 Å². The van der Waals surface area contributed by atoms with Crippen molar-refractivity contribution in [3.05, 3.63) is 61.1 Å². The summed E-state index contributed by atoms with van der Waals surface area (Å²) in [6, 6.07) is 6.70. The first kappa shape index (κ1) is 23.4. The summed E-state index contributed by atoms with van der Waals surface area (Å²) in [4.78, 5) is 16.3. The number of aromatic nitrogens is 8. The fourth-order valence-corrected chi connectivity index (χ4v) is 5.53. The number of rotatable bonds is 8. The van der Waals surface area contributed by atoms with E-state index < -0.39 is 5.54 Å². The number of anilines is 1. The third-order valence-electron chi connectivity index (χ3n) is 8.17. The van der Waals surface area contributed by atoms with Crippen LogP contribution in [0, 0.1) is 5.92 Å². The lowest BCUT2D eigenvalue weighted by Gasteiger charge is -2.41. The summed E-state index contributed by atoms with van der Waals surface area (Å²) >= 11 is 0. The predicted molar refractivity (Wildman–Crippen MR) is 141 cm³/mol. The van der Waals surface area contributed by atoms with Gasteiger partial charge in [0.15, 0.2) is 11.4 Å². The summed E-state index contributed by atoms with van der Waals surface area (Å²) in [6.07, 6.45) is 17.4. The van der Waals surface area contributed by atoms with Gasteiger partial charge < -0.3 is 15.0 Å². The van der Waals surface area contributed by atoms with Crippen LogP contribution in [0.15, 0.2) is 55.4 Å². The van der Waals surface area contributed by atoms with Crippen LogP contribution in [0.4, 0.5) is 5.69 Å². The molecule has 0 bridgehead atoms. The lowest BCUT2D eigenvalue weighted by atomic mass is 9.85. The van der Waals surface area contributed by atoms with E-state index >= 15 is 0 Å². The second kappa shape index (κ2) is 9.88. The van der Waals surface area contributed by atoms with E-state index in [-0.39, 0.29) is 0 Å². The molecule has 3 fully saturated rings. The SMILES string of the molecule is c1cnn(-c2cncc(-c3cn(C4(c5ccc(N6CCC[C@@H](NCC7CCC7)C6)cn5)COC4)nn3)n2)c1. The molecule has 7 rings (SSSR count). The van der Waals surface area contributed by atoms with E-state index in [1.165, 1.54) is 37.8 Å². The van der Waals surface area contributed by atoms with Gasteiger partial charge in [-0.1, -0.05) is 11.6 Å². The Kier molecular flexibility index (Phi) is 6.09. The van der Waals surface area contributed by atoms with Crippen LogP contribution in [-0.2, 0) is 10.3 Å². The van der Waals surface area contributed by atoms with Crippen molar-refractivity contribution in [2.45, 2.75) is 43.7 Å². The van der Waals surface area contributed by atoms with E-state index in [1.54, 1.807) is 23.3 Å². The van der Waals surface area contributed by atoms with E-state index in [4.69, 9.17) is 9.72 Å². The lowest BCUT2D eigenvalue weighted by molar-refractivity contribution is -0.0851. The first-order valence-corrected chi connectivity index (χ1v) is 13.5. The fraction of sp³-hybridized carbons (Fsp3) is 0.481. The zero-order chi connectivity index (χ0) is 25.4. The highest BCUT2D eigenvalue weighted by molar-refractivity contribution is 5.52. The molecule has 2 aliphatic heterocycles. The molecular weight excluding hydrogens is 480 g/mol. The molecule has 1 atom stereocenters. The van der Waals surface area contributed by atoms with Gasteiger partial charge in [0.05, 0.1) is 49.4 Å². The molecule has 196 valence electrons. The Bertz CT molecular complexity index is 1360. The van der Waals surface area contributed by atoms with Gasteiger partial charge in [-0.3, -0.25) is 9.97 Å². The average Bonchev–Trinajstić information content (AvgIpc) is 3.62. The van der Waals surface area contributed by atoms with Crippen LogP contribution >= 0.6 is 0 Å². The monoisotopic (exact) mass is 512 g/mol. The smallest absolute Gasteiger partial charge is 0.172 e. The Morgan fingerprint density at radius 2 is 2.00 bits per heavy atom. The van der Waals surface area contributed by atoms with Crippen molar-refractivity contribution in [2.24, 2.45) is 5.92 Å². The number of nitrogens with one attached hydrogen (secondary N) is 1. The molecule has 6 heterocycles. The van der Waals surface area contributed by atoms with Crippen molar-refractivity contribution in [3.63, 3.8) is 0 Å². The molecule has 0 spiro atoms. The van der Waals surface area contributed by atoms with Crippen LogP contribution < -0.4 is 10.2 Å². The maximum absolute atomic E-state index is 5.66. The molecule has 3 aliphatic rings. The number of ether oxygens (including phenoxy) is 1. The van der Waals surface area contributed by atoms with E-state index in [0.717, 1.165) is 31.2 Å². The fourth-order valence-electron chi connectivity index (χ4n) is 5.53. The minimum atomic E-state index is -0.481. The van der Waals surface area contributed by atoms with Gasteiger partial charge in [0.1, 0.15) is 11.4 Å².